The molecule has 72 valence electrons. The van der Waals surface area contributed by atoms with Crippen LogP contribution in [0.5, 0.6) is 0 Å². The van der Waals surface area contributed by atoms with E-state index < -0.39 is 8.07 Å². The highest BCUT2D eigenvalue weighted by molar-refractivity contribution is 6.76. The van der Waals surface area contributed by atoms with E-state index in [9.17, 15) is 4.39 Å². The highest BCUT2D eigenvalue weighted by atomic mass is 28.3. The minimum atomic E-state index is -1.50. The van der Waals surface area contributed by atoms with Crippen LogP contribution in [0.1, 0.15) is 5.56 Å². The molecule has 3 heteroatoms. The van der Waals surface area contributed by atoms with Crippen molar-refractivity contribution >= 4 is 8.07 Å². The number of hydrogen-bond acceptors (Lipinski definition) is 1. The zero-order valence-corrected chi connectivity index (χ0v) is 9.05. The van der Waals surface area contributed by atoms with Gasteiger partial charge in [-0.15, -0.1) is 0 Å². The normalized spacial score (nSPS) is 11.7. The second-order valence-electron chi connectivity index (χ2n) is 4.13. The van der Waals surface area contributed by atoms with Crippen molar-refractivity contribution in [2.24, 2.45) is 0 Å². The predicted molar refractivity (Wildman–Crippen MR) is 54.7 cm³/mol. The molecule has 0 radical (unpaired) electrons. The third-order valence-electron chi connectivity index (χ3n) is 2.02. The second-order valence-corrected chi connectivity index (χ2v) is 9.12. The molecule has 0 saturated carbocycles. The van der Waals surface area contributed by atoms with Gasteiger partial charge in [0.15, 0.2) is 0 Å². The second kappa shape index (κ2) is 4.02. The van der Waals surface area contributed by atoms with E-state index in [1.807, 2.05) is 0 Å². The average molecular weight is 198 g/mol. The molecule has 1 aromatic carbocycles. The van der Waals surface area contributed by atoms with Gasteiger partial charge in [0.25, 0.3) is 0 Å². The standard InChI is InChI=1S/C10H15FOSi/c1-13(2,8-12)7-9-3-5-10(11)6-4-9/h3-6,12H,7-8H2,1-2H3. The smallest absolute Gasteiger partial charge is 0.123 e. The first-order chi connectivity index (χ1) is 6.03. The van der Waals surface area contributed by atoms with Crippen LogP contribution in [0.4, 0.5) is 4.39 Å². The summed E-state index contributed by atoms with van der Waals surface area (Å²) in [6, 6.07) is 7.43. The quantitative estimate of drug-likeness (QED) is 0.738. The van der Waals surface area contributed by atoms with Crippen LogP contribution in [-0.2, 0) is 6.04 Å². The number of benzene rings is 1. The Morgan fingerprint density at radius 3 is 2.23 bits per heavy atom. The van der Waals surface area contributed by atoms with Gasteiger partial charge in [-0.25, -0.2) is 4.39 Å². The number of hydrogen-bond donors (Lipinski definition) is 1. The van der Waals surface area contributed by atoms with E-state index in [4.69, 9.17) is 5.11 Å². The molecule has 0 bridgehead atoms. The Morgan fingerprint density at radius 2 is 1.77 bits per heavy atom. The summed E-state index contributed by atoms with van der Waals surface area (Å²) in [5.74, 6) is -0.202. The van der Waals surface area contributed by atoms with Gasteiger partial charge in [-0.2, -0.15) is 0 Å². The molecule has 0 aromatic heterocycles. The van der Waals surface area contributed by atoms with Crippen LogP contribution in [0, 0.1) is 5.82 Å². The first-order valence-electron chi connectivity index (χ1n) is 4.39. The van der Waals surface area contributed by atoms with Gasteiger partial charge >= 0.3 is 0 Å². The molecular weight excluding hydrogens is 183 g/mol. The summed E-state index contributed by atoms with van der Waals surface area (Å²) in [4.78, 5) is 0. The van der Waals surface area contributed by atoms with Gasteiger partial charge in [-0.3, -0.25) is 0 Å². The van der Waals surface area contributed by atoms with Gasteiger partial charge in [0, 0.05) is 6.23 Å². The minimum absolute atomic E-state index is 0.202. The number of aliphatic hydroxyl groups excluding tert-OH is 1. The lowest BCUT2D eigenvalue weighted by molar-refractivity contribution is 0.357. The van der Waals surface area contributed by atoms with Crippen molar-refractivity contribution in [2.45, 2.75) is 19.1 Å². The minimum Gasteiger partial charge on any atom is -0.400 e. The Balaban J connectivity index is 2.69. The molecular formula is C10H15FOSi. The Morgan fingerprint density at radius 1 is 1.23 bits per heavy atom. The lowest BCUT2D eigenvalue weighted by Gasteiger charge is -2.18. The van der Waals surface area contributed by atoms with E-state index in [-0.39, 0.29) is 12.0 Å². The van der Waals surface area contributed by atoms with Crippen LogP contribution in [-0.4, -0.2) is 19.4 Å². The van der Waals surface area contributed by atoms with Crippen LogP contribution in [0.2, 0.25) is 13.1 Å². The molecule has 1 nitrogen and oxygen atoms in total. The molecule has 0 fully saturated rings. The van der Waals surface area contributed by atoms with Crippen LogP contribution in [0.3, 0.4) is 0 Å². The summed E-state index contributed by atoms with van der Waals surface area (Å²) in [5.41, 5.74) is 1.12. The van der Waals surface area contributed by atoms with Crippen molar-refractivity contribution < 1.29 is 9.50 Å². The van der Waals surface area contributed by atoms with Crippen molar-refractivity contribution in [3.63, 3.8) is 0 Å². The zero-order chi connectivity index (χ0) is 9.90. The topological polar surface area (TPSA) is 20.2 Å². The molecule has 0 aliphatic heterocycles. The van der Waals surface area contributed by atoms with E-state index in [0.29, 0.717) is 0 Å². The van der Waals surface area contributed by atoms with Gasteiger partial charge in [0.05, 0.1) is 8.07 Å². The highest BCUT2D eigenvalue weighted by Crippen LogP contribution is 2.11. The number of aliphatic hydroxyl groups is 1. The summed E-state index contributed by atoms with van der Waals surface area (Å²) < 4.78 is 12.6. The van der Waals surface area contributed by atoms with E-state index in [1.54, 1.807) is 12.1 Å². The maximum Gasteiger partial charge on any atom is 0.123 e. The molecule has 0 aliphatic carbocycles. The van der Waals surface area contributed by atoms with Gasteiger partial charge in [-0.1, -0.05) is 30.8 Å². The van der Waals surface area contributed by atoms with Crippen molar-refractivity contribution in [1.29, 1.82) is 0 Å². The third kappa shape index (κ3) is 3.28. The van der Waals surface area contributed by atoms with Crippen LogP contribution < -0.4 is 0 Å². The monoisotopic (exact) mass is 198 g/mol. The highest BCUT2D eigenvalue weighted by Gasteiger charge is 2.19. The van der Waals surface area contributed by atoms with Crippen molar-refractivity contribution in [3.05, 3.63) is 35.6 Å². The van der Waals surface area contributed by atoms with Crippen molar-refractivity contribution in [3.8, 4) is 0 Å². The molecule has 0 saturated heterocycles. The molecule has 0 spiro atoms. The van der Waals surface area contributed by atoms with E-state index in [2.05, 4.69) is 13.1 Å². The van der Waals surface area contributed by atoms with Gasteiger partial charge in [0.1, 0.15) is 5.82 Å². The first kappa shape index (κ1) is 10.4. The summed E-state index contributed by atoms with van der Waals surface area (Å²) >= 11 is 0. The molecule has 0 heterocycles. The van der Waals surface area contributed by atoms with Gasteiger partial charge in [-0.05, 0) is 18.2 Å². The Labute approximate surface area is 79.2 Å². The summed E-state index contributed by atoms with van der Waals surface area (Å²) in [5, 5.41) is 9.10. The lowest BCUT2D eigenvalue weighted by atomic mass is 10.2. The molecule has 0 atom stereocenters. The van der Waals surface area contributed by atoms with Crippen LogP contribution in [0.25, 0.3) is 0 Å². The summed E-state index contributed by atoms with van der Waals surface area (Å²) in [6.07, 6.45) is 0.282. The molecule has 0 aliphatic rings. The number of halogens is 1. The van der Waals surface area contributed by atoms with E-state index in [0.717, 1.165) is 11.6 Å². The first-order valence-corrected chi connectivity index (χ1v) is 7.80. The largest absolute Gasteiger partial charge is 0.400 e. The third-order valence-corrected chi connectivity index (χ3v) is 4.25. The molecule has 0 amide bonds. The average Bonchev–Trinajstić information content (AvgIpc) is 2.09. The molecule has 13 heavy (non-hydrogen) atoms. The Bertz CT molecular complexity index is 269. The van der Waals surface area contributed by atoms with Gasteiger partial charge in [0.2, 0.25) is 0 Å². The zero-order valence-electron chi connectivity index (χ0n) is 8.05. The fourth-order valence-corrected chi connectivity index (χ4v) is 2.66. The van der Waals surface area contributed by atoms with Crippen LogP contribution >= 0.6 is 0 Å². The molecule has 1 rings (SSSR count). The van der Waals surface area contributed by atoms with Crippen LogP contribution in [0.15, 0.2) is 24.3 Å². The Hall–Kier alpha value is -0.673. The van der Waals surface area contributed by atoms with Gasteiger partial charge < -0.3 is 5.11 Å². The fraction of sp³-hybridized carbons (Fsp3) is 0.400. The maximum atomic E-state index is 12.6. The molecule has 1 N–H and O–H groups in total. The van der Waals surface area contributed by atoms with Crippen molar-refractivity contribution in [2.75, 3.05) is 6.23 Å². The summed E-state index contributed by atoms with van der Waals surface area (Å²) in [7, 11) is -1.50. The fourth-order valence-electron chi connectivity index (χ4n) is 1.21. The maximum absolute atomic E-state index is 12.6. The lowest BCUT2D eigenvalue weighted by Crippen LogP contribution is -2.34. The van der Waals surface area contributed by atoms with E-state index in [1.165, 1.54) is 12.1 Å². The molecule has 1 aromatic rings. The SMILES string of the molecule is C[Si](C)(CO)Cc1ccc(F)cc1. The Kier molecular flexibility index (Phi) is 3.22. The van der Waals surface area contributed by atoms with E-state index >= 15 is 0 Å². The summed E-state index contributed by atoms with van der Waals surface area (Å²) in [6.45, 7) is 4.24. The number of rotatable bonds is 3. The predicted octanol–water partition coefficient (Wildman–Crippen LogP) is 2.15. The van der Waals surface area contributed by atoms with Crippen molar-refractivity contribution in [1.82, 2.24) is 0 Å². The molecule has 0 unspecified atom stereocenters.